The molecular formula is C10H13ClN2O2. The van der Waals surface area contributed by atoms with E-state index in [4.69, 9.17) is 16.7 Å². The first-order chi connectivity index (χ1) is 7.04. The molecule has 0 aromatic heterocycles. The number of carbonyl (C=O) groups excluding carboxylic acids is 1. The van der Waals surface area contributed by atoms with Crippen LogP contribution in [-0.4, -0.2) is 29.6 Å². The van der Waals surface area contributed by atoms with E-state index in [1.54, 1.807) is 13.1 Å². The molecule has 0 aliphatic rings. The average Bonchev–Trinajstić information content (AvgIpc) is 2.20. The lowest BCUT2D eigenvalue weighted by atomic mass is 10.3. The van der Waals surface area contributed by atoms with Crippen molar-refractivity contribution in [1.29, 1.82) is 0 Å². The summed E-state index contributed by atoms with van der Waals surface area (Å²) in [6.45, 7) is 2.49. The van der Waals surface area contributed by atoms with Crippen molar-refractivity contribution >= 4 is 23.3 Å². The number of nitrogens with one attached hydrogen (secondary N) is 1. The molecule has 0 aliphatic heterocycles. The van der Waals surface area contributed by atoms with Gasteiger partial charge >= 0.3 is 6.03 Å². The van der Waals surface area contributed by atoms with Crippen LogP contribution in [0.2, 0.25) is 5.02 Å². The zero-order valence-electron chi connectivity index (χ0n) is 8.62. The van der Waals surface area contributed by atoms with Gasteiger partial charge in [0, 0.05) is 19.7 Å². The number of hydrogen-bond acceptors (Lipinski definition) is 2. The summed E-state index contributed by atoms with van der Waals surface area (Å²) in [5, 5.41) is 12.1. The highest BCUT2D eigenvalue weighted by Crippen LogP contribution is 2.25. The van der Waals surface area contributed by atoms with E-state index in [1.807, 2.05) is 6.92 Å². The minimum Gasteiger partial charge on any atom is -0.508 e. The molecule has 1 rings (SSSR count). The Bertz CT molecular complexity index is 368. The smallest absolute Gasteiger partial charge is 0.321 e. The Kier molecular flexibility index (Phi) is 3.80. The van der Waals surface area contributed by atoms with E-state index < -0.39 is 0 Å². The van der Waals surface area contributed by atoms with E-state index in [-0.39, 0.29) is 11.8 Å². The van der Waals surface area contributed by atoms with Gasteiger partial charge in [0.05, 0.1) is 10.7 Å². The van der Waals surface area contributed by atoms with E-state index in [0.29, 0.717) is 17.3 Å². The third-order valence-electron chi connectivity index (χ3n) is 2.02. The second kappa shape index (κ2) is 4.89. The van der Waals surface area contributed by atoms with Crippen LogP contribution in [-0.2, 0) is 0 Å². The molecule has 4 nitrogen and oxygen atoms in total. The highest BCUT2D eigenvalue weighted by atomic mass is 35.5. The maximum atomic E-state index is 11.5. The summed E-state index contributed by atoms with van der Waals surface area (Å²) < 4.78 is 0. The van der Waals surface area contributed by atoms with Crippen LogP contribution in [0.15, 0.2) is 18.2 Å². The van der Waals surface area contributed by atoms with E-state index in [2.05, 4.69) is 5.32 Å². The van der Waals surface area contributed by atoms with Gasteiger partial charge in [-0.15, -0.1) is 0 Å². The van der Waals surface area contributed by atoms with Crippen molar-refractivity contribution in [2.24, 2.45) is 0 Å². The van der Waals surface area contributed by atoms with Crippen LogP contribution in [0.1, 0.15) is 6.92 Å². The molecule has 0 unspecified atom stereocenters. The lowest BCUT2D eigenvalue weighted by Gasteiger charge is -2.16. The number of carbonyl (C=O) groups is 1. The number of phenolic OH excluding ortho intramolecular Hbond substituents is 1. The lowest BCUT2D eigenvalue weighted by molar-refractivity contribution is 0.224. The molecule has 0 heterocycles. The molecule has 0 spiro atoms. The highest BCUT2D eigenvalue weighted by Gasteiger charge is 2.08. The maximum Gasteiger partial charge on any atom is 0.321 e. The number of phenols is 1. The van der Waals surface area contributed by atoms with Gasteiger partial charge in [0.2, 0.25) is 0 Å². The van der Waals surface area contributed by atoms with Crippen molar-refractivity contribution in [2.75, 3.05) is 18.9 Å². The number of anilines is 1. The fraction of sp³-hybridized carbons (Fsp3) is 0.300. The summed E-state index contributed by atoms with van der Waals surface area (Å²) in [5.74, 6) is 0.0712. The van der Waals surface area contributed by atoms with Crippen molar-refractivity contribution < 1.29 is 9.90 Å². The Morgan fingerprint density at radius 2 is 2.27 bits per heavy atom. The fourth-order valence-electron chi connectivity index (χ4n) is 0.960. The molecule has 1 aromatic rings. The van der Waals surface area contributed by atoms with Gasteiger partial charge in [-0.1, -0.05) is 11.6 Å². The van der Waals surface area contributed by atoms with Crippen LogP contribution >= 0.6 is 11.6 Å². The quantitative estimate of drug-likeness (QED) is 0.765. The summed E-state index contributed by atoms with van der Waals surface area (Å²) in [7, 11) is 1.68. The first-order valence-electron chi connectivity index (χ1n) is 4.55. The summed E-state index contributed by atoms with van der Waals surface area (Å²) in [6.07, 6.45) is 0. The van der Waals surface area contributed by atoms with Crippen LogP contribution in [0.25, 0.3) is 0 Å². The number of rotatable bonds is 2. The highest BCUT2D eigenvalue weighted by molar-refractivity contribution is 6.33. The van der Waals surface area contributed by atoms with Gasteiger partial charge in [0.25, 0.3) is 0 Å². The van der Waals surface area contributed by atoms with Gasteiger partial charge in [0.15, 0.2) is 0 Å². The number of urea groups is 1. The molecule has 5 heteroatoms. The number of amides is 2. The standard InChI is InChI=1S/C10H13ClN2O2/c1-3-13(2)10(15)12-9-5-4-7(14)6-8(9)11/h4-6,14H,3H2,1-2H3,(H,12,15). The molecule has 0 radical (unpaired) electrons. The summed E-state index contributed by atoms with van der Waals surface area (Å²) >= 11 is 5.83. The zero-order chi connectivity index (χ0) is 11.4. The first kappa shape index (κ1) is 11.7. The number of halogens is 1. The Labute approximate surface area is 93.5 Å². The Balaban J connectivity index is 2.77. The summed E-state index contributed by atoms with van der Waals surface area (Å²) in [4.78, 5) is 13.0. The van der Waals surface area contributed by atoms with Gasteiger partial charge in [-0.05, 0) is 19.1 Å². The molecule has 82 valence electrons. The summed E-state index contributed by atoms with van der Waals surface area (Å²) in [6, 6.07) is 4.17. The van der Waals surface area contributed by atoms with Crippen LogP contribution in [0, 0.1) is 0 Å². The van der Waals surface area contributed by atoms with Crippen molar-refractivity contribution in [1.82, 2.24) is 4.90 Å². The topological polar surface area (TPSA) is 52.6 Å². The first-order valence-corrected chi connectivity index (χ1v) is 4.93. The second-order valence-corrected chi connectivity index (χ2v) is 3.52. The molecule has 0 fully saturated rings. The van der Waals surface area contributed by atoms with Crippen molar-refractivity contribution in [3.63, 3.8) is 0 Å². The average molecular weight is 229 g/mol. The third-order valence-corrected chi connectivity index (χ3v) is 2.33. The number of aromatic hydroxyl groups is 1. The monoisotopic (exact) mass is 228 g/mol. The van der Waals surface area contributed by atoms with Gasteiger partial charge in [-0.3, -0.25) is 0 Å². The molecule has 15 heavy (non-hydrogen) atoms. The normalized spacial score (nSPS) is 9.80. The van der Waals surface area contributed by atoms with E-state index in [1.165, 1.54) is 17.0 Å². The minimum atomic E-state index is -0.231. The van der Waals surface area contributed by atoms with Crippen LogP contribution in [0.3, 0.4) is 0 Å². The number of hydrogen-bond donors (Lipinski definition) is 2. The Hall–Kier alpha value is -1.42. The number of benzene rings is 1. The van der Waals surface area contributed by atoms with Crippen LogP contribution in [0.4, 0.5) is 10.5 Å². The van der Waals surface area contributed by atoms with E-state index >= 15 is 0 Å². The lowest BCUT2D eigenvalue weighted by Crippen LogP contribution is -2.30. The molecule has 1 aromatic carbocycles. The Morgan fingerprint density at radius 1 is 1.60 bits per heavy atom. The van der Waals surface area contributed by atoms with Gasteiger partial charge < -0.3 is 15.3 Å². The second-order valence-electron chi connectivity index (χ2n) is 3.11. The molecule has 2 amide bonds. The van der Waals surface area contributed by atoms with Crippen LogP contribution in [0.5, 0.6) is 5.75 Å². The molecule has 0 saturated heterocycles. The third kappa shape index (κ3) is 3.02. The molecule has 0 bridgehead atoms. The predicted molar refractivity (Wildman–Crippen MR) is 60.4 cm³/mol. The van der Waals surface area contributed by atoms with E-state index in [0.717, 1.165) is 0 Å². The van der Waals surface area contributed by atoms with Crippen LogP contribution < -0.4 is 5.32 Å². The minimum absolute atomic E-state index is 0.0712. The van der Waals surface area contributed by atoms with Gasteiger partial charge in [-0.2, -0.15) is 0 Å². The molecule has 0 atom stereocenters. The molecular weight excluding hydrogens is 216 g/mol. The van der Waals surface area contributed by atoms with Gasteiger partial charge in [-0.25, -0.2) is 4.79 Å². The van der Waals surface area contributed by atoms with Crippen molar-refractivity contribution in [3.05, 3.63) is 23.2 Å². The van der Waals surface area contributed by atoms with Crippen molar-refractivity contribution in [2.45, 2.75) is 6.92 Å². The molecule has 0 saturated carbocycles. The summed E-state index contributed by atoms with van der Waals surface area (Å²) in [5.41, 5.74) is 0.486. The fourth-order valence-corrected chi connectivity index (χ4v) is 1.18. The van der Waals surface area contributed by atoms with E-state index in [9.17, 15) is 4.79 Å². The zero-order valence-corrected chi connectivity index (χ0v) is 9.38. The molecule has 0 aliphatic carbocycles. The van der Waals surface area contributed by atoms with Gasteiger partial charge in [0.1, 0.15) is 5.75 Å². The largest absolute Gasteiger partial charge is 0.508 e. The van der Waals surface area contributed by atoms with Crippen molar-refractivity contribution in [3.8, 4) is 5.75 Å². The predicted octanol–water partition coefficient (Wildman–Crippen LogP) is 2.53. The molecule has 2 N–H and O–H groups in total. The maximum absolute atomic E-state index is 11.5. The Morgan fingerprint density at radius 3 is 2.80 bits per heavy atom. The SMILES string of the molecule is CCN(C)C(=O)Nc1ccc(O)cc1Cl. The number of nitrogens with zero attached hydrogens (tertiary/aromatic N) is 1.